The number of fused-ring (bicyclic) bond motifs is 8. The molecule has 13 heteroatoms. The Bertz CT molecular complexity index is 2450. The predicted molar refractivity (Wildman–Crippen MR) is 191 cm³/mol. The van der Waals surface area contributed by atoms with Crippen molar-refractivity contribution in [1.82, 2.24) is 24.1 Å². The molecule has 0 unspecified atom stereocenters. The van der Waals surface area contributed by atoms with Gasteiger partial charge in [0.15, 0.2) is 9.84 Å². The lowest BCUT2D eigenvalue weighted by atomic mass is 9.97. The Morgan fingerprint density at radius 2 is 1.78 bits per heavy atom. The fourth-order valence-electron chi connectivity index (χ4n) is 7.22. The summed E-state index contributed by atoms with van der Waals surface area (Å²) in [6.07, 6.45) is 1.72. The van der Waals surface area contributed by atoms with Crippen molar-refractivity contribution in [3.8, 4) is 16.9 Å². The monoisotopic (exact) mass is 717 g/mol. The number of hydrogen-bond acceptors (Lipinski definition) is 7. The molecule has 0 saturated carbocycles. The molecule has 0 aliphatic carbocycles. The third-order valence-electron chi connectivity index (χ3n) is 9.60. The fraction of sp³-hybridized carbons (Fsp3) is 0.324. The van der Waals surface area contributed by atoms with E-state index in [4.69, 9.17) is 21.1 Å². The average Bonchev–Trinajstić information content (AvgIpc) is 3.65. The minimum atomic E-state index is -3.75. The van der Waals surface area contributed by atoms with Crippen molar-refractivity contribution in [2.45, 2.75) is 51.2 Å². The molecule has 3 aromatic heterocycles. The van der Waals surface area contributed by atoms with Gasteiger partial charge in [-0.2, -0.15) is 10.2 Å². The van der Waals surface area contributed by atoms with E-state index in [9.17, 15) is 17.6 Å². The number of rotatable bonds is 1. The van der Waals surface area contributed by atoms with E-state index in [1.165, 1.54) is 19.2 Å². The first-order valence-corrected chi connectivity index (χ1v) is 18.5. The molecule has 8 bridgehead atoms. The third-order valence-corrected chi connectivity index (χ3v) is 11.4. The zero-order valence-electron chi connectivity index (χ0n) is 28.5. The van der Waals surface area contributed by atoms with Crippen molar-refractivity contribution in [2.24, 2.45) is 14.1 Å². The highest BCUT2D eigenvalue weighted by molar-refractivity contribution is 7.89. The van der Waals surface area contributed by atoms with Crippen molar-refractivity contribution in [1.29, 1.82) is 0 Å². The lowest BCUT2D eigenvalue weighted by molar-refractivity contribution is 0.0587. The van der Waals surface area contributed by atoms with Gasteiger partial charge in [0.1, 0.15) is 17.3 Å². The van der Waals surface area contributed by atoms with Gasteiger partial charge in [-0.05, 0) is 92.1 Å². The minimum Gasteiger partial charge on any atom is -0.493 e. The third kappa shape index (κ3) is 6.04. The zero-order chi connectivity index (χ0) is 35.5. The van der Waals surface area contributed by atoms with E-state index in [0.29, 0.717) is 77.0 Å². The molecule has 0 N–H and O–H groups in total. The lowest BCUT2D eigenvalue weighted by Crippen LogP contribution is -2.13. The van der Waals surface area contributed by atoms with Gasteiger partial charge in [0, 0.05) is 64.5 Å². The highest BCUT2D eigenvalue weighted by Crippen LogP contribution is 2.43. The van der Waals surface area contributed by atoms with Gasteiger partial charge in [-0.15, -0.1) is 0 Å². The molecule has 260 valence electrons. The largest absolute Gasteiger partial charge is 0.493 e. The van der Waals surface area contributed by atoms with Gasteiger partial charge >= 0.3 is 5.97 Å². The maximum atomic E-state index is 14.3. The van der Waals surface area contributed by atoms with Gasteiger partial charge < -0.3 is 14.0 Å². The van der Waals surface area contributed by atoms with Crippen LogP contribution in [0.5, 0.6) is 5.75 Å². The van der Waals surface area contributed by atoms with Crippen LogP contribution >= 0.6 is 11.6 Å². The molecule has 0 saturated heterocycles. The van der Waals surface area contributed by atoms with E-state index in [1.807, 2.05) is 42.7 Å². The molecule has 0 amide bonds. The van der Waals surface area contributed by atoms with Crippen LogP contribution in [0.4, 0.5) is 4.39 Å². The maximum absolute atomic E-state index is 14.3. The van der Waals surface area contributed by atoms with Crippen molar-refractivity contribution in [3.05, 3.63) is 99.0 Å². The molecule has 50 heavy (non-hydrogen) atoms. The first kappa shape index (κ1) is 33.8. The Hall–Kier alpha value is -4.68. The van der Waals surface area contributed by atoms with Crippen LogP contribution in [0.1, 0.15) is 50.8 Å². The van der Waals surface area contributed by atoms with Crippen molar-refractivity contribution < 1.29 is 27.1 Å². The summed E-state index contributed by atoms with van der Waals surface area (Å²) in [4.78, 5) is 13.3. The summed E-state index contributed by atoms with van der Waals surface area (Å²) < 4.78 is 58.9. The van der Waals surface area contributed by atoms with Gasteiger partial charge in [0.2, 0.25) is 0 Å². The predicted octanol–water partition coefficient (Wildman–Crippen LogP) is 6.81. The van der Waals surface area contributed by atoms with E-state index < -0.39 is 15.8 Å². The van der Waals surface area contributed by atoms with Gasteiger partial charge in [0.25, 0.3) is 0 Å². The van der Waals surface area contributed by atoms with E-state index in [0.717, 1.165) is 38.6 Å². The normalized spacial score (nSPS) is 15.1. The summed E-state index contributed by atoms with van der Waals surface area (Å²) in [5, 5.41) is 11.8. The summed E-state index contributed by atoms with van der Waals surface area (Å²) in [6.45, 7) is 4.46. The van der Waals surface area contributed by atoms with E-state index >= 15 is 0 Å². The van der Waals surface area contributed by atoms with Crippen LogP contribution in [0.3, 0.4) is 0 Å². The van der Waals surface area contributed by atoms with Crippen LogP contribution in [-0.2, 0) is 59.6 Å². The van der Waals surface area contributed by atoms with Crippen LogP contribution in [0.15, 0.2) is 48.5 Å². The molecule has 1 aliphatic heterocycles. The van der Waals surface area contributed by atoms with Crippen LogP contribution in [-0.4, -0.2) is 52.2 Å². The quantitative estimate of drug-likeness (QED) is 0.172. The Balaban J connectivity index is 1.41. The number of sulfone groups is 1. The number of esters is 1. The van der Waals surface area contributed by atoms with Crippen LogP contribution < -0.4 is 4.74 Å². The summed E-state index contributed by atoms with van der Waals surface area (Å²) in [5.41, 5.74) is 6.35. The number of carbonyl (C=O) groups is 1. The highest BCUT2D eigenvalue weighted by atomic mass is 35.5. The Morgan fingerprint density at radius 3 is 2.56 bits per heavy atom. The number of nitrogens with zero attached hydrogens (tertiary/aromatic N) is 5. The van der Waals surface area contributed by atoms with Gasteiger partial charge in [0.05, 0.1) is 36.6 Å². The summed E-state index contributed by atoms with van der Waals surface area (Å²) in [5.74, 6) is -0.816. The van der Waals surface area contributed by atoms with Crippen molar-refractivity contribution in [2.75, 3.05) is 13.7 Å². The van der Waals surface area contributed by atoms with Crippen LogP contribution in [0, 0.1) is 19.7 Å². The summed E-state index contributed by atoms with van der Waals surface area (Å²) in [7, 11) is 1.16. The maximum Gasteiger partial charge on any atom is 0.354 e. The molecule has 0 radical (unpaired) electrons. The van der Waals surface area contributed by atoms with E-state index in [1.54, 1.807) is 35.6 Å². The first-order chi connectivity index (χ1) is 23.8. The zero-order valence-corrected chi connectivity index (χ0v) is 30.1. The highest BCUT2D eigenvalue weighted by Gasteiger charge is 2.29. The molecular weight excluding hydrogens is 681 g/mol. The number of carbonyl (C=O) groups excluding carboxylic acids is 1. The van der Waals surface area contributed by atoms with Gasteiger partial charge in [-0.3, -0.25) is 9.36 Å². The molecule has 3 aromatic carbocycles. The molecule has 0 fully saturated rings. The number of aromatic nitrogens is 5. The van der Waals surface area contributed by atoms with Crippen LogP contribution in [0.25, 0.3) is 32.8 Å². The Morgan fingerprint density at radius 1 is 0.980 bits per heavy atom. The van der Waals surface area contributed by atoms with E-state index in [2.05, 4.69) is 10.2 Å². The molecule has 0 atom stereocenters. The Kier molecular flexibility index (Phi) is 8.72. The molecule has 6 aromatic rings. The molecule has 4 heterocycles. The van der Waals surface area contributed by atoms with Gasteiger partial charge in [-0.25, -0.2) is 17.6 Å². The standard InChI is InChI=1S/C37H37ClFN5O5S/c1-21-33-31-12-11-29(38)35(33)34-22(2)42(3)41-30(34)20-50(46,47)19-26-18-27(43(4)40-26)9-7-23-15-24-17-25(39)8-10-28(24)32(16-23)49-14-6-13-44(31)36(21)37(45)48-5/h8,10-12,15-18H,6-7,9,13-14,19-20H2,1-5H3. The second-order valence-corrected chi connectivity index (χ2v) is 15.4. The SMILES string of the molecule is COC(=O)c1c(C)c2c3c(Cl)ccc2n1CCCOc1cc(cc2cc(F)ccc12)CCc1cc(nn1C)CS(=O)(=O)Cc1nn(C)c(C)c1-3. The van der Waals surface area contributed by atoms with Crippen molar-refractivity contribution in [3.63, 3.8) is 0 Å². The number of aryl methyl sites for hydroxylation is 6. The first-order valence-electron chi connectivity index (χ1n) is 16.3. The number of hydrogen-bond donors (Lipinski definition) is 0. The Labute approximate surface area is 294 Å². The second-order valence-electron chi connectivity index (χ2n) is 12.9. The summed E-state index contributed by atoms with van der Waals surface area (Å²) in [6, 6.07) is 14.0. The molecule has 7 rings (SSSR count). The van der Waals surface area contributed by atoms with Gasteiger partial charge in [-0.1, -0.05) is 17.7 Å². The summed E-state index contributed by atoms with van der Waals surface area (Å²) >= 11 is 6.96. The molecule has 1 aliphatic rings. The molecular formula is C37H37ClFN5O5S. The number of methoxy groups -OCH3 is 1. The fourth-order valence-corrected chi connectivity index (χ4v) is 8.78. The number of benzene rings is 3. The lowest BCUT2D eigenvalue weighted by Gasteiger charge is -2.14. The smallest absolute Gasteiger partial charge is 0.354 e. The second kappa shape index (κ2) is 12.9. The molecule has 0 spiro atoms. The average molecular weight is 718 g/mol. The van der Waals surface area contributed by atoms with Crippen molar-refractivity contribution >= 4 is 49.1 Å². The van der Waals surface area contributed by atoms with E-state index in [-0.39, 0.29) is 17.3 Å². The topological polar surface area (TPSA) is 110 Å². The minimum absolute atomic E-state index is 0.275. The number of halogens is 2. The molecule has 10 nitrogen and oxygen atoms in total. The van der Waals surface area contributed by atoms with Crippen LogP contribution in [0.2, 0.25) is 5.02 Å². The number of ether oxygens (including phenoxy) is 2.